The third kappa shape index (κ3) is 1.66. The minimum Gasteiger partial charge on any atom is -0.202 e. The minimum absolute atomic E-state index is 0.538. The highest BCUT2D eigenvalue weighted by molar-refractivity contribution is 5.43. The maximum Gasteiger partial charge on any atom is 0.254 e. The Balaban J connectivity index is 2.34. The van der Waals surface area contributed by atoms with Crippen LogP contribution in [0.1, 0.15) is 0 Å². The highest BCUT2D eigenvalue weighted by atomic mass is 19.2. The molecule has 0 radical (unpaired) electrons. The lowest BCUT2D eigenvalue weighted by Crippen LogP contribution is -2.32. The SMILES string of the molecule is Fc1c(F)c(F)c(-[n+]2cc3ccccn3c2)c(F)c1F. The first-order valence-electron chi connectivity index (χ1n) is 5.50. The Morgan fingerprint density at radius 3 is 2.00 bits per heavy atom. The predicted octanol–water partition coefficient (Wildman–Crippen LogP) is 2.91. The second-order valence-corrected chi connectivity index (χ2v) is 4.10. The molecule has 0 spiro atoms. The Morgan fingerprint density at radius 1 is 0.800 bits per heavy atom. The number of imidazole rings is 1. The van der Waals surface area contributed by atoms with Gasteiger partial charge in [0.2, 0.25) is 34.8 Å². The van der Waals surface area contributed by atoms with Crippen LogP contribution in [-0.2, 0) is 0 Å². The van der Waals surface area contributed by atoms with Crippen LogP contribution in [0.2, 0.25) is 0 Å². The highest BCUT2D eigenvalue weighted by Crippen LogP contribution is 2.23. The normalized spacial score (nSPS) is 11.2. The van der Waals surface area contributed by atoms with E-state index in [1.165, 1.54) is 16.9 Å². The molecule has 0 atom stereocenters. The maximum atomic E-state index is 13.7. The molecule has 2 aromatic heterocycles. The lowest BCUT2D eigenvalue weighted by Gasteiger charge is -2.03. The highest BCUT2D eigenvalue weighted by Gasteiger charge is 2.30. The molecule has 2 heterocycles. The number of hydrogen-bond acceptors (Lipinski definition) is 0. The van der Waals surface area contributed by atoms with Gasteiger partial charge in [0.15, 0.2) is 5.52 Å². The van der Waals surface area contributed by atoms with Gasteiger partial charge in [0, 0.05) is 0 Å². The molecule has 0 aliphatic heterocycles. The van der Waals surface area contributed by atoms with E-state index >= 15 is 0 Å². The molecule has 3 aromatic rings. The first kappa shape index (κ1) is 12.6. The van der Waals surface area contributed by atoms with Gasteiger partial charge in [0.1, 0.15) is 6.20 Å². The number of benzene rings is 1. The molecule has 0 aliphatic carbocycles. The zero-order valence-corrected chi connectivity index (χ0v) is 9.75. The number of aromatic nitrogens is 2. The van der Waals surface area contributed by atoms with Gasteiger partial charge in [-0.05, 0) is 12.1 Å². The van der Waals surface area contributed by atoms with Gasteiger partial charge >= 0.3 is 0 Å². The Hall–Kier alpha value is -2.44. The average Bonchev–Trinajstić information content (AvgIpc) is 2.86. The van der Waals surface area contributed by atoms with Gasteiger partial charge in [0.25, 0.3) is 6.33 Å². The molecular weight excluding hydrogens is 279 g/mol. The third-order valence-electron chi connectivity index (χ3n) is 2.89. The van der Waals surface area contributed by atoms with E-state index in [0.29, 0.717) is 5.52 Å². The Bertz CT molecular complexity index is 763. The van der Waals surface area contributed by atoms with Crippen LogP contribution in [0.15, 0.2) is 36.9 Å². The summed E-state index contributed by atoms with van der Waals surface area (Å²) >= 11 is 0. The van der Waals surface area contributed by atoms with Crippen molar-refractivity contribution in [2.75, 3.05) is 0 Å². The zero-order chi connectivity index (χ0) is 14.4. The fraction of sp³-hybridized carbons (Fsp3) is 0. The summed E-state index contributed by atoms with van der Waals surface area (Å²) in [6.45, 7) is 0. The number of nitrogens with zero attached hydrogens (tertiary/aromatic N) is 2. The number of rotatable bonds is 1. The number of fused-ring (bicyclic) bond motifs is 1. The molecule has 7 heteroatoms. The maximum absolute atomic E-state index is 13.7. The van der Waals surface area contributed by atoms with Crippen LogP contribution < -0.4 is 4.57 Å². The number of pyridine rings is 1. The molecule has 0 fully saturated rings. The summed E-state index contributed by atoms with van der Waals surface area (Å²) in [6.07, 6.45) is 4.06. The van der Waals surface area contributed by atoms with Crippen molar-refractivity contribution in [2.45, 2.75) is 0 Å². The van der Waals surface area contributed by atoms with Gasteiger partial charge in [-0.1, -0.05) is 6.07 Å². The fourth-order valence-corrected chi connectivity index (χ4v) is 1.94. The van der Waals surface area contributed by atoms with E-state index in [0.717, 1.165) is 4.57 Å². The van der Waals surface area contributed by atoms with Crippen molar-refractivity contribution >= 4 is 5.52 Å². The number of hydrogen-bond donors (Lipinski definition) is 0. The molecule has 2 nitrogen and oxygen atoms in total. The summed E-state index contributed by atoms with van der Waals surface area (Å²) in [5.74, 6) is -9.86. The molecule has 0 bridgehead atoms. The van der Waals surface area contributed by atoms with Gasteiger partial charge in [-0.3, -0.25) is 0 Å². The molecular formula is C13H6F5N2+. The smallest absolute Gasteiger partial charge is 0.202 e. The fourth-order valence-electron chi connectivity index (χ4n) is 1.94. The van der Waals surface area contributed by atoms with Crippen LogP contribution in [0, 0.1) is 29.1 Å². The van der Waals surface area contributed by atoms with Crippen molar-refractivity contribution in [3.63, 3.8) is 0 Å². The largest absolute Gasteiger partial charge is 0.254 e. The average molecular weight is 285 g/mol. The van der Waals surface area contributed by atoms with E-state index in [9.17, 15) is 22.0 Å². The van der Waals surface area contributed by atoms with Gasteiger partial charge in [-0.2, -0.15) is 13.3 Å². The second kappa shape index (κ2) is 4.29. The molecule has 0 amide bonds. The van der Waals surface area contributed by atoms with Gasteiger partial charge in [-0.25, -0.2) is 17.6 Å². The van der Waals surface area contributed by atoms with Crippen LogP contribution in [0.25, 0.3) is 11.2 Å². The summed E-state index contributed by atoms with van der Waals surface area (Å²) < 4.78 is 69.0. The first-order valence-corrected chi connectivity index (χ1v) is 5.50. The van der Waals surface area contributed by atoms with Crippen molar-refractivity contribution in [2.24, 2.45) is 0 Å². The van der Waals surface area contributed by atoms with Crippen LogP contribution in [0.4, 0.5) is 22.0 Å². The van der Waals surface area contributed by atoms with E-state index in [1.807, 2.05) is 0 Å². The van der Waals surface area contributed by atoms with Crippen LogP contribution in [0.3, 0.4) is 0 Å². The molecule has 1 aromatic carbocycles. The van der Waals surface area contributed by atoms with Crippen LogP contribution >= 0.6 is 0 Å². The standard InChI is InChI=1S/C13H6F5N2/c14-8-9(15)11(17)13(12(18)10(8)16)20-5-7-3-1-2-4-19(7)6-20/h1-6H/q+1. The van der Waals surface area contributed by atoms with Gasteiger partial charge < -0.3 is 0 Å². The lowest BCUT2D eigenvalue weighted by atomic mass is 10.2. The van der Waals surface area contributed by atoms with Crippen molar-refractivity contribution in [3.8, 4) is 5.69 Å². The molecule has 20 heavy (non-hydrogen) atoms. The van der Waals surface area contributed by atoms with Crippen molar-refractivity contribution in [1.29, 1.82) is 0 Å². The van der Waals surface area contributed by atoms with Crippen molar-refractivity contribution < 1.29 is 26.5 Å². The predicted molar refractivity (Wildman–Crippen MR) is 58.7 cm³/mol. The summed E-state index contributed by atoms with van der Waals surface area (Å²) in [4.78, 5) is 0. The van der Waals surface area contributed by atoms with Gasteiger partial charge in [0.05, 0.1) is 6.20 Å². The van der Waals surface area contributed by atoms with Crippen LogP contribution in [0.5, 0.6) is 0 Å². The molecule has 102 valence electrons. The monoisotopic (exact) mass is 285 g/mol. The quantitative estimate of drug-likeness (QED) is 0.281. The topological polar surface area (TPSA) is 8.29 Å². The van der Waals surface area contributed by atoms with E-state index in [-0.39, 0.29) is 0 Å². The Labute approximate surface area is 109 Å². The molecule has 0 aliphatic rings. The Morgan fingerprint density at radius 2 is 1.40 bits per heavy atom. The lowest BCUT2D eigenvalue weighted by molar-refractivity contribution is -0.598. The zero-order valence-electron chi connectivity index (χ0n) is 9.75. The molecule has 3 rings (SSSR count). The number of halogens is 5. The first-order chi connectivity index (χ1) is 9.50. The van der Waals surface area contributed by atoms with E-state index in [1.54, 1.807) is 24.4 Å². The summed E-state index contributed by atoms with van der Waals surface area (Å²) in [6, 6.07) is 4.97. The minimum atomic E-state index is -2.17. The summed E-state index contributed by atoms with van der Waals surface area (Å²) in [7, 11) is 0. The van der Waals surface area contributed by atoms with Crippen molar-refractivity contribution in [1.82, 2.24) is 4.40 Å². The van der Waals surface area contributed by atoms with Crippen LogP contribution in [-0.4, -0.2) is 4.40 Å². The van der Waals surface area contributed by atoms with Gasteiger partial charge in [-0.15, -0.1) is 0 Å². The molecule has 0 N–H and O–H groups in total. The van der Waals surface area contributed by atoms with E-state index < -0.39 is 34.8 Å². The van der Waals surface area contributed by atoms with Crippen molar-refractivity contribution in [3.05, 3.63) is 66.0 Å². The molecule has 0 unspecified atom stereocenters. The molecule has 0 saturated heterocycles. The Kier molecular flexibility index (Phi) is 2.70. The molecule has 0 saturated carbocycles. The third-order valence-corrected chi connectivity index (χ3v) is 2.89. The van der Waals surface area contributed by atoms with E-state index in [2.05, 4.69) is 0 Å². The van der Waals surface area contributed by atoms with E-state index in [4.69, 9.17) is 0 Å². The summed E-state index contributed by atoms with van der Waals surface area (Å²) in [5.41, 5.74) is -0.471. The summed E-state index contributed by atoms with van der Waals surface area (Å²) in [5, 5.41) is 0. The second-order valence-electron chi connectivity index (χ2n) is 4.10.